The molecule has 1 aromatic heterocycles. The van der Waals surface area contributed by atoms with Crippen LogP contribution in [0.25, 0.3) is 0 Å². The van der Waals surface area contributed by atoms with E-state index in [2.05, 4.69) is 15.3 Å². The number of ether oxygens (including phenoxy) is 1. The predicted octanol–water partition coefficient (Wildman–Crippen LogP) is 2.33. The number of methoxy groups -OCH3 is 1. The molecular weight excluding hydrogens is 252 g/mol. The predicted molar refractivity (Wildman–Crippen MR) is 80.9 cm³/mol. The number of nitrogens with two attached hydrogens (primary N) is 1. The highest BCUT2D eigenvalue weighted by Gasteiger charge is 1.98. The topological polar surface area (TPSA) is 72.5 Å². The van der Waals surface area contributed by atoms with Crippen molar-refractivity contribution < 1.29 is 4.74 Å². The highest BCUT2D eigenvalue weighted by atomic mass is 16.5. The standard InChI is InChI=1S/C15H18N4O/c1-11-5-3-6-12(9-11)19-15(16)17-10-13-7-4-8-14(18-13)20-2/h3-9H,10H2,1-2H3,(H3,16,17,19). The van der Waals surface area contributed by atoms with Crippen molar-refractivity contribution in [1.29, 1.82) is 0 Å². The minimum absolute atomic E-state index is 0.361. The molecule has 0 bridgehead atoms. The summed E-state index contributed by atoms with van der Waals surface area (Å²) in [5, 5.41) is 3.05. The van der Waals surface area contributed by atoms with Crippen molar-refractivity contribution in [2.24, 2.45) is 10.7 Å². The lowest BCUT2D eigenvalue weighted by Gasteiger charge is -2.06. The largest absolute Gasteiger partial charge is 0.481 e. The molecular formula is C15H18N4O. The van der Waals surface area contributed by atoms with Gasteiger partial charge in [0.15, 0.2) is 5.96 Å². The molecule has 0 fully saturated rings. The molecule has 1 aromatic carbocycles. The number of aryl methyl sites for hydroxylation is 1. The van der Waals surface area contributed by atoms with Crippen LogP contribution in [0.15, 0.2) is 47.5 Å². The van der Waals surface area contributed by atoms with Gasteiger partial charge in [0, 0.05) is 11.8 Å². The van der Waals surface area contributed by atoms with Crippen LogP contribution in [0.1, 0.15) is 11.3 Å². The van der Waals surface area contributed by atoms with Gasteiger partial charge in [0.2, 0.25) is 5.88 Å². The van der Waals surface area contributed by atoms with Crippen LogP contribution in [-0.2, 0) is 6.54 Å². The summed E-state index contributed by atoms with van der Waals surface area (Å²) in [6, 6.07) is 13.5. The molecule has 0 radical (unpaired) electrons. The molecule has 0 saturated carbocycles. The number of nitrogens with one attached hydrogen (secondary N) is 1. The molecule has 2 rings (SSSR count). The Labute approximate surface area is 118 Å². The summed E-state index contributed by atoms with van der Waals surface area (Å²) in [7, 11) is 1.59. The molecule has 5 heteroatoms. The number of aromatic nitrogens is 1. The SMILES string of the molecule is COc1cccc(CN=C(N)Nc2cccc(C)c2)n1. The van der Waals surface area contributed by atoms with Crippen molar-refractivity contribution in [2.45, 2.75) is 13.5 Å². The summed E-state index contributed by atoms with van der Waals surface area (Å²) >= 11 is 0. The zero-order valence-electron chi connectivity index (χ0n) is 11.6. The van der Waals surface area contributed by atoms with E-state index in [0.29, 0.717) is 18.4 Å². The third-order valence-electron chi connectivity index (χ3n) is 2.69. The maximum Gasteiger partial charge on any atom is 0.213 e. The van der Waals surface area contributed by atoms with Gasteiger partial charge in [0.25, 0.3) is 0 Å². The van der Waals surface area contributed by atoms with Gasteiger partial charge in [0.1, 0.15) is 0 Å². The maximum absolute atomic E-state index is 5.85. The first kappa shape index (κ1) is 13.9. The number of benzene rings is 1. The van der Waals surface area contributed by atoms with E-state index >= 15 is 0 Å². The lowest BCUT2D eigenvalue weighted by Crippen LogP contribution is -2.22. The number of hydrogen-bond acceptors (Lipinski definition) is 3. The second-order valence-corrected chi connectivity index (χ2v) is 4.37. The zero-order valence-corrected chi connectivity index (χ0v) is 11.6. The summed E-state index contributed by atoms with van der Waals surface area (Å²) in [5.74, 6) is 0.933. The number of pyridine rings is 1. The summed E-state index contributed by atoms with van der Waals surface area (Å²) in [6.45, 7) is 2.43. The Kier molecular flexibility index (Phi) is 4.55. The molecule has 3 N–H and O–H groups in total. The number of nitrogens with zero attached hydrogens (tertiary/aromatic N) is 2. The highest BCUT2D eigenvalue weighted by molar-refractivity contribution is 5.92. The van der Waals surface area contributed by atoms with Gasteiger partial charge >= 0.3 is 0 Å². The minimum atomic E-state index is 0.361. The van der Waals surface area contributed by atoms with Crippen LogP contribution >= 0.6 is 0 Å². The minimum Gasteiger partial charge on any atom is -0.481 e. The quantitative estimate of drug-likeness (QED) is 0.660. The van der Waals surface area contributed by atoms with E-state index in [1.54, 1.807) is 13.2 Å². The van der Waals surface area contributed by atoms with Crippen LogP contribution in [0.5, 0.6) is 5.88 Å². The fourth-order valence-electron chi connectivity index (χ4n) is 1.74. The first-order valence-electron chi connectivity index (χ1n) is 6.31. The van der Waals surface area contributed by atoms with Gasteiger partial charge in [-0.15, -0.1) is 0 Å². The van der Waals surface area contributed by atoms with Gasteiger partial charge in [-0.3, -0.25) is 0 Å². The zero-order chi connectivity index (χ0) is 14.4. The Hall–Kier alpha value is -2.56. The maximum atomic E-state index is 5.85. The van der Waals surface area contributed by atoms with Crippen LogP contribution in [0.2, 0.25) is 0 Å². The molecule has 20 heavy (non-hydrogen) atoms. The lowest BCUT2D eigenvalue weighted by molar-refractivity contribution is 0.396. The molecule has 104 valence electrons. The van der Waals surface area contributed by atoms with Crippen LogP contribution in [0.4, 0.5) is 5.69 Å². The van der Waals surface area contributed by atoms with Gasteiger partial charge < -0.3 is 15.8 Å². The average molecular weight is 270 g/mol. The van der Waals surface area contributed by atoms with E-state index in [9.17, 15) is 0 Å². The lowest BCUT2D eigenvalue weighted by atomic mass is 10.2. The molecule has 0 aliphatic carbocycles. The van der Waals surface area contributed by atoms with Gasteiger partial charge in [-0.05, 0) is 30.7 Å². The van der Waals surface area contributed by atoms with E-state index in [-0.39, 0.29) is 0 Å². The fraction of sp³-hybridized carbons (Fsp3) is 0.200. The summed E-state index contributed by atoms with van der Waals surface area (Å²) in [6.07, 6.45) is 0. The Balaban J connectivity index is 2.00. The average Bonchev–Trinajstić information content (AvgIpc) is 2.45. The highest BCUT2D eigenvalue weighted by Crippen LogP contribution is 2.10. The van der Waals surface area contributed by atoms with E-state index in [0.717, 1.165) is 16.9 Å². The third-order valence-corrected chi connectivity index (χ3v) is 2.69. The normalized spacial score (nSPS) is 11.2. The van der Waals surface area contributed by atoms with E-state index in [1.807, 2.05) is 43.3 Å². The molecule has 0 atom stereocenters. The molecule has 0 unspecified atom stereocenters. The van der Waals surface area contributed by atoms with Gasteiger partial charge in [-0.25, -0.2) is 9.98 Å². The van der Waals surface area contributed by atoms with Crippen LogP contribution in [0.3, 0.4) is 0 Å². The molecule has 0 amide bonds. The Morgan fingerprint density at radius 3 is 2.85 bits per heavy atom. The molecule has 0 spiro atoms. The van der Waals surface area contributed by atoms with E-state index in [1.165, 1.54) is 0 Å². The number of rotatable bonds is 4. The number of guanidine groups is 1. The van der Waals surface area contributed by atoms with Crippen molar-refractivity contribution in [3.8, 4) is 5.88 Å². The summed E-state index contributed by atoms with van der Waals surface area (Å²) in [5.41, 5.74) is 8.74. The monoisotopic (exact) mass is 270 g/mol. The molecule has 0 saturated heterocycles. The molecule has 2 aromatic rings. The van der Waals surface area contributed by atoms with Crippen LogP contribution in [0, 0.1) is 6.92 Å². The number of hydrogen-bond donors (Lipinski definition) is 2. The molecule has 0 aliphatic heterocycles. The second-order valence-electron chi connectivity index (χ2n) is 4.37. The molecule has 0 aliphatic rings. The van der Waals surface area contributed by atoms with Crippen LogP contribution in [-0.4, -0.2) is 18.1 Å². The number of anilines is 1. The first-order chi connectivity index (χ1) is 9.67. The smallest absolute Gasteiger partial charge is 0.213 e. The third kappa shape index (κ3) is 3.98. The van der Waals surface area contributed by atoms with Gasteiger partial charge in [-0.1, -0.05) is 18.2 Å². The van der Waals surface area contributed by atoms with Crippen LogP contribution < -0.4 is 15.8 Å². The summed E-state index contributed by atoms with van der Waals surface area (Å²) < 4.78 is 5.06. The Morgan fingerprint density at radius 1 is 1.30 bits per heavy atom. The van der Waals surface area contributed by atoms with Crippen molar-refractivity contribution in [1.82, 2.24) is 4.98 Å². The van der Waals surface area contributed by atoms with Gasteiger partial charge in [0.05, 0.1) is 19.3 Å². The second kappa shape index (κ2) is 6.56. The van der Waals surface area contributed by atoms with Crippen molar-refractivity contribution in [3.63, 3.8) is 0 Å². The molecule has 1 heterocycles. The summed E-state index contributed by atoms with van der Waals surface area (Å²) in [4.78, 5) is 8.53. The van der Waals surface area contributed by atoms with E-state index in [4.69, 9.17) is 10.5 Å². The van der Waals surface area contributed by atoms with E-state index < -0.39 is 0 Å². The first-order valence-corrected chi connectivity index (χ1v) is 6.31. The Morgan fingerprint density at radius 2 is 2.10 bits per heavy atom. The number of aliphatic imine (C=N–C) groups is 1. The van der Waals surface area contributed by atoms with Crippen molar-refractivity contribution in [3.05, 3.63) is 53.7 Å². The van der Waals surface area contributed by atoms with Gasteiger partial charge in [-0.2, -0.15) is 0 Å². The van der Waals surface area contributed by atoms with Crippen molar-refractivity contribution >= 4 is 11.6 Å². The van der Waals surface area contributed by atoms with Crippen molar-refractivity contribution in [2.75, 3.05) is 12.4 Å². The molecule has 5 nitrogen and oxygen atoms in total. The Bertz CT molecular complexity index is 610. The fourth-order valence-corrected chi connectivity index (χ4v) is 1.74.